The summed E-state index contributed by atoms with van der Waals surface area (Å²) in [6.45, 7) is 0.295. The SMILES string of the molecule is Fc1ccccc1CNc1nc(-c2ccccc2)no1. The van der Waals surface area contributed by atoms with Gasteiger partial charge >= 0.3 is 6.01 Å². The maximum Gasteiger partial charge on any atom is 0.322 e. The van der Waals surface area contributed by atoms with Crippen LogP contribution < -0.4 is 5.32 Å². The number of hydrogen-bond acceptors (Lipinski definition) is 4. The molecule has 3 rings (SSSR count). The summed E-state index contributed by atoms with van der Waals surface area (Å²) in [6.07, 6.45) is 0. The molecular formula is C15H12FN3O. The van der Waals surface area contributed by atoms with Gasteiger partial charge in [-0.25, -0.2) is 4.39 Å². The molecule has 3 aromatic rings. The van der Waals surface area contributed by atoms with Gasteiger partial charge in [0.05, 0.1) is 0 Å². The Labute approximate surface area is 115 Å². The fourth-order valence-corrected chi connectivity index (χ4v) is 1.81. The number of hydrogen-bond donors (Lipinski definition) is 1. The van der Waals surface area contributed by atoms with E-state index in [-0.39, 0.29) is 11.8 Å². The number of aromatic nitrogens is 2. The van der Waals surface area contributed by atoms with Gasteiger partial charge in [0.1, 0.15) is 5.82 Å². The molecule has 4 nitrogen and oxygen atoms in total. The quantitative estimate of drug-likeness (QED) is 0.787. The van der Waals surface area contributed by atoms with Crippen LogP contribution in [0.4, 0.5) is 10.4 Å². The van der Waals surface area contributed by atoms with Gasteiger partial charge in [-0.05, 0) is 6.07 Å². The van der Waals surface area contributed by atoms with Gasteiger partial charge in [0, 0.05) is 17.7 Å². The number of anilines is 1. The highest BCUT2D eigenvalue weighted by molar-refractivity contribution is 5.54. The van der Waals surface area contributed by atoms with Crippen molar-refractivity contribution in [3.63, 3.8) is 0 Å². The Kier molecular flexibility index (Phi) is 3.41. The molecule has 0 amide bonds. The van der Waals surface area contributed by atoms with E-state index in [9.17, 15) is 4.39 Å². The summed E-state index contributed by atoms with van der Waals surface area (Å²) in [5.74, 6) is 0.240. The molecular weight excluding hydrogens is 257 g/mol. The van der Waals surface area contributed by atoms with E-state index < -0.39 is 0 Å². The van der Waals surface area contributed by atoms with Gasteiger partial charge in [-0.15, -0.1) is 0 Å². The van der Waals surface area contributed by atoms with Gasteiger partial charge in [-0.1, -0.05) is 53.7 Å². The number of nitrogens with one attached hydrogen (secondary N) is 1. The lowest BCUT2D eigenvalue weighted by molar-refractivity contribution is 0.431. The van der Waals surface area contributed by atoms with Crippen LogP contribution in [0, 0.1) is 5.82 Å². The molecule has 0 saturated heterocycles. The summed E-state index contributed by atoms with van der Waals surface area (Å²) in [4.78, 5) is 4.21. The maximum atomic E-state index is 13.5. The topological polar surface area (TPSA) is 51.0 Å². The minimum Gasteiger partial charge on any atom is -0.334 e. The second-order valence-corrected chi connectivity index (χ2v) is 4.23. The standard InChI is InChI=1S/C15H12FN3O/c16-13-9-5-4-8-12(13)10-17-15-18-14(19-20-15)11-6-2-1-3-7-11/h1-9H,10H2,(H,17,18,19). The minimum atomic E-state index is -0.261. The minimum absolute atomic E-state index is 0.261. The molecule has 0 aliphatic rings. The summed E-state index contributed by atoms with van der Waals surface area (Å²) < 4.78 is 18.5. The van der Waals surface area contributed by atoms with Gasteiger partial charge in [0.15, 0.2) is 0 Å². The first kappa shape index (κ1) is 12.3. The van der Waals surface area contributed by atoms with Gasteiger partial charge in [-0.3, -0.25) is 0 Å². The van der Waals surface area contributed by atoms with Crippen LogP contribution >= 0.6 is 0 Å². The number of benzene rings is 2. The van der Waals surface area contributed by atoms with E-state index in [1.165, 1.54) is 6.07 Å². The van der Waals surface area contributed by atoms with Crippen molar-refractivity contribution in [3.05, 3.63) is 66.0 Å². The Morgan fingerprint density at radius 2 is 1.75 bits per heavy atom. The fraction of sp³-hybridized carbons (Fsp3) is 0.0667. The van der Waals surface area contributed by atoms with E-state index in [0.29, 0.717) is 17.9 Å². The molecule has 1 N–H and O–H groups in total. The zero-order valence-corrected chi connectivity index (χ0v) is 10.6. The first-order chi connectivity index (χ1) is 9.83. The molecule has 0 spiro atoms. The predicted octanol–water partition coefficient (Wildman–Crippen LogP) is 3.49. The normalized spacial score (nSPS) is 10.4. The largest absolute Gasteiger partial charge is 0.334 e. The van der Waals surface area contributed by atoms with Gasteiger partial charge in [-0.2, -0.15) is 4.98 Å². The third kappa shape index (κ3) is 2.66. The monoisotopic (exact) mass is 269 g/mol. The highest BCUT2D eigenvalue weighted by Gasteiger charge is 2.08. The fourth-order valence-electron chi connectivity index (χ4n) is 1.81. The lowest BCUT2D eigenvalue weighted by Crippen LogP contribution is -2.01. The first-order valence-corrected chi connectivity index (χ1v) is 6.19. The van der Waals surface area contributed by atoms with Crippen LogP contribution in [0.5, 0.6) is 0 Å². The van der Waals surface area contributed by atoms with Crippen molar-refractivity contribution < 1.29 is 8.91 Å². The van der Waals surface area contributed by atoms with Crippen molar-refractivity contribution in [3.8, 4) is 11.4 Å². The molecule has 0 unspecified atom stereocenters. The van der Waals surface area contributed by atoms with Crippen LogP contribution in [0.1, 0.15) is 5.56 Å². The molecule has 0 radical (unpaired) electrons. The Balaban J connectivity index is 1.71. The number of halogens is 1. The molecule has 20 heavy (non-hydrogen) atoms. The average molecular weight is 269 g/mol. The summed E-state index contributed by atoms with van der Waals surface area (Å²) in [5, 5.41) is 6.79. The lowest BCUT2D eigenvalue weighted by atomic mass is 10.2. The third-order valence-corrected chi connectivity index (χ3v) is 2.85. The Morgan fingerprint density at radius 3 is 2.55 bits per heavy atom. The average Bonchev–Trinajstić information content (AvgIpc) is 2.96. The van der Waals surface area contributed by atoms with Crippen LogP contribution in [-0.4, -0.2) is 10.1 Å². The van der Waals surface area contributed by atoms with E-state index in [1.807, 2.05) is 30.3 Å². The van der Waals surface area contributed by atoms with E-state index in [0.717, 1.165) is 5.56 Å². The molecule has 0 bridgehead atoms. The number of rotatable bonds is 4. The van der Waals surface area contributed by atoms with Crippen molar-refractivity contribution in [2.75, 3.05) is 5.32 Å². The van der Waals surface area contributed by atoms with Crippen molar-refractivity contribution in [2.45, 2.75) is 6.54 Å². The summed E-state index contributed by atoms with van der Waals surface area (Å²) in [7, 11) is 0. The molecule has 5 heteroatoms. The van der Waals surface area contributed by atoms with Crippen LogP contribution in [0.3, 0.4) is 0 Å². The molecule has 1 aromatic heterocycles. The smallest absolute Gasteiger partial charge is 0.322 e. The molecule has 0 saturated carbocycles. The van der Waals surface area contributed by atoms with Crippen LogP contribution in [0.25, 0.3) is 11.4 Å². The molecule has 2 aromatic carbocycles. The van der Waals surface area contributed by atoms with E-state index in [1.54, 1.807) is 18.2 Å². The molecule has 100 valence electrons. The third-order valence-electron chi connectivity index (χ3n) is 2.85. The van der Waals surface area contributed by atoms with Crippen LogP contribution in [-0.2, 0) is 6.54 Å². The van der Waals surface area contributed by atoms with Crippen molar-refractivity contribution in [1.82, 2.24) is 10.1 Å². The Morgan fingerprint density at radius 1 is 1.00 bits per heavy atom. The van der Waals surface area contributed by atoms with Crippen LogP contribution in [0.15, 0.2) is 59.1 Å². The van der Waals surface area contributed by atoms with Gasteiger partial charge in [0.2, 0.25) is 5.82 Å². The zero-order valence-electron chi connectivity index (χ0n) is 10.6. The maximum absolute atomic E-state index is 13.5. The van der Waals surface area contributed by atoms with Gasteiger partial charge in [0.25, 0.3) is 0 Å². The molecule has 0 atom stereocenters. The van der Waals surface area contributed by atoms with Crippen molar-refractivity contribution in [2.24, 2.45) is 0 Å². The molecule has 0 aliphatic heterocycles. The van der Waals surface area contributed by atoms with E-state index >= 15 is 0 Å². The second kappa shape index (κ2) is 5.52. The number of nitrogens with zero attached hydrogens (tertiary/aromatic N) is 2. The van der Waals surface area contributed by atoms with Crippen molar-refractivity contribution >= 4 is 6.01 Å². The van der Waals surface area contributed by atoms with Crippen molar-refractivity contribution in [1.29, 1.82) is 0 Å². The molecule has 1 heterocycles. The Bertz CT molecular complexity index is 697. The van der Waals surface area contributed by atoms with E-state index in [4.69, 9.17) is 4.52 Å². The predicted molar refractivity (Wildman–Crippen MR) is 73.5 cm³/mol. The van der Waals surface area contributed by atoms with Crippen LogP contribution in [0.2, 0.25) is 0 Å². The molecule has 0 aliphatic carbocycles. The first-order valence-electron chi connectivity index (χ1n) is 6.19. The van der Waals surface area contributed by atoms with E-state index in [2.05, 4.69) is 15.5 Å². The second-order valence-electron chi connectivity index (χ2n) is 4.23. The summed E-state index contributed by atoms with van der Waals surface area (Å²) >= 11 is 0. The Hall–Kier alpha value is -2.69. The molecule has 0 fully saturated rings. The summed E-state index contributed by atoms with van der Waals surface area (Å²) in [5.41, 5.74) is 1.42. The highest BCUT2D eigenvalue weighted by Crippen LogP contribution is 2.17. The lowest BCUT2D eigenvalue weighted by Gasteiger charge is -2.02. The summed E-state index contributed by atoms with van der Waals surface area (Å²) in [6, 6.07) is 16.3. The zero-order chi connectivity index (χ0) is 13.8. The van der Waals surface area contributed by atoms with Gasteiger partial charge < -0.3 is 9.84 Å². The highest BCUT2D eigenvalue weighted by atomic mass is 19.1.